The molecule has 2 aromatic rings. The van der Waals surface area contributed by atoms with Crippen LogP contribution in [0.25, 0.3) is 11.3 Å². The molecule has 5 nitrogen and oxygen atoms in total. The summed E-state index contributed by atoms with van der Waals surface area (Å²) < 4.78 is 5.39. The molecule has 0 bridgehead atoms. The van der Waals surface area contributed by atoms with Crippen LogP contribution in [0.4, 0.5) is 0 Å². The van der Waals surface area contributed by atoms with Gasteiger partial charge in [-0.15, -0.1) is 0 Å². The molecule has 1 amide bonds. The van der Waals surface area contributed by atoms with Crippen molar-refractivity contribution >= 4 is 17.5 Å². The lowest BCUT2D eigenvalue weighted by atomic mass is 10.0. The van der Waals surface area contributed by atoms with Gasteiger partial charge in [-0.2, -0.15) is 0 Å². The second-order valence-electron chi connectivity index (χ2n) is 6.73. The zero-order chi connectivity index (χ0) is 17.8. The lowest BCUT2D eigenvalue weighted by Crippen LogP contribution is -2.44. The molecular formula is C19H24ClN3O2. The Morgan fingerprint density at radius 2 is 2.16 bits per heavy atom. The lowest BCUT2D eigenvalue weighted by molar-refractivity contribution is -0.132. The molecule has 1 aliphatic heterocycles. The number of carbonyl (C=O) groups excluding carboxylic acids is 1. The van der Waals surface area contributed by atoms with E-state index < -0.39 is 0 Å². The Hall–Kier alpha value is -1.85. The quantitative estimate of drug-likeness (QED) is 0.818. The number of benzene rings is 1. The molecule has 0 N–H and O–H groups in total. The molecule has 1 aliphatic rings. The summed E-state index contributed by atoms with van der Waals surface area (Å²) in [7, 11) is 4.05. The smallest absolute Gasteiger partial charge is 0.222 e. The van der Waals surface area contributed by atoms with Crippen molar-refractivity contribution in [1.29, 1.82) is 0 Å². The first-order chi connectivity index (χ1) is 12.0. The highest BCUT2D eigenvalue weighted by Crippen LogP contribution is 2.27. The van der Waals surface area contributed by atoms with Gasteiger partial charge in [0.1, 0.15) is 0 Å². The molecular weight excluding hydrogens is 338 g/mol. The second kappa shape index (κ2) is 8.02. The van der Waals surface area contributed by atoms with E-state index in [0.717, 1.165) is 37.1 Å². The van der Waals surface area contributed by atoms with E-state index in [0.29, 0.717) is 29.7 Å². The third kappa shape index (κ3) is 4.41. The molecule has 0 radical (unpaired) electrons. The zero-order valence-electron chi connectivity index (χ0n) is 14.7. The maximum Gasteiger partial charge on any atom is 0.222 e. The van der Waals surface area contributed by atoms with E-state index in [2.05, 4.69) is 17.1 Å². The summed E-state index contributed by atoms with van der Waals surface area (Å²) in [6.07, 6.45) is 4.84. The number of nitrogens with zero attached hydrogens (tertiary/aromatic N) is 3. The number of likely N-dealkylation sites (tertiary alicyclic amines) is 1. The first-order valence-corrected chi connectivity index (χ1v) is 9.06. The first-order valence-electron chi connectivity index (χ1n) is 8.68. The lowest BCUT2D eigenvalue weighted by Gasteiger charge is -2.35. The molecule has 0 unspecified atom stereocenters. The van der Waals surface area contributed by atoms with Gasteiger partial charge in [0.05, 0.1) is 6.20 Å². The fraction of sp³-hybridized carbons (Fsp3) is 0.474. The number of rotatable bonds is 5. The Labute approximate surface area is 153 Å². The van der Waals surface area contributed by atoms with Crippen molar-refractivity contribution in [3.05, 3.63) is 41.0 Å². The van der Waals surface area contributed by atoms with Gasteiger partial charge < -0.3 is 14.3 Å². The van der Waals surface area contributed by atoms with Gasteiger partial charge in [0, 0.05) is 35.7 Å². The van der Waals surface area contributed by atoms with E-state index in [1.54, 1.807) is 6.20 Å². The maximum atomic E-state index is 12.6. The highest BCUT2D eigenvalue weighted by atomic mass is 35.5. The third-order valence-corrected chi connectivity index (χ3v) is 5.20. The average Bonchev–Trinajstić information content (AvgIpc) is 3.08. The van der Waals surface area contributed by atoms with Crippen LogP contribution in [0.5, 0.6) is 0 Å². The van der Waals surface area contributed by atoms with Crippen LogP contribution < -0.4 is 0 Å². The molecule has 6 heteroatoms. The minimum atomic E-state index is 0.174. The van der Waals surface area contributed by atoms with Crippen molar-refractivity contribution in [1.82, 2.24) is 15.0 Å². The van der Waals surface area contributed by atoms with Crippen molar-refractivity contribution in [3.63, 3.8) is 0 Å². The summed E-state index contributed by atoms with van der Waals surface area (Å²) in [5.74, 6) is 0.866. The van der Waals surface area contributed by atoms with Crippen LogP contribution in [0.1, 0.15) is 24.8 Å². The number of halogens is 1. The normalized spacial score (nSPS) is 16.1. The summed E-state index contributed by atoms with van der Waals surface area (Å²) in [6.45, 7) is 2.10. The summed E-state index contributed by atoms with van der Waals surface area (Å²) >= 11 is 6.05. The van der Waals surface area contributed by atoms with Crippen LogP contribution >= 0.6 is 11.6 Å². The molecule has 0 atom stereocenters. The van der Waals surface area contributed by atoms with E-state index >= 15 is 0 Å². The van der Waals surface area contributed by atoms with Crippen molar-refractivity contribution in [2.45, 2.75) is 31.7 Å². The Morgan fingerprint density at radius 3 is 2.88 bits per heavy atom. The average molecular weight is 362 g/mol. The molecule has 1 aromatic heterocycles. The van der Waals surface area contributed by atoms with E-state index in [4.69, 9.17) is 16.1 Å². The van der Waals surface area contributed by atoms with Crippen LogP contribution in [-0.4, -0.2) is 54.1 Å². The molecule has 0 saturated carbocycles. The van der Waals surface area contributed by atoms with Crippen molar-refractivity contribution < 1.29 is 9.32 Å². The van der Waals surface area contributed by atoms with Gasteiger partial charge in [0.25, 0.3) is 0 Å². The van der Waals surface area contributed by atoms with Gasteiger partial charge in [-0.3, -0.25) is 4.79 Å². The Kier molecular flexibility index (Phi) is 5.76. The van der Waals surface area contributed by atoms with Gasteiger partial charge in [0.15, 0.2) is 5.76 Å². The summed E-state index contributed by atoms with van der Waals surface area (Å²) in [5, 5.41) is 4.55. The Bertz CT molecular complexity index is 723. The number of amides is 1. The van der Waals surface area contributed by atoms with Crippen LogP contribution in [0.3, 0.4) is 0 Å². The number of hydrogen-bond acceptors (Lipinski definition) is 4. The highest BCUT2D eigenvalue weighted by molar-refractivity contribution is 6.30. The van der Waals surface area contributed by atoms with Crippen molar-refractivity contribution in [2.24, 2.45) is 0 Å². The topological polar surface area (TPSA) is 49.6 Å². The number of piperidine rings is 1. The summed E-state index contributed by atoms with van der Waals surface area (Å²) in [4.78, 5) is 16.8. The predicted octanol–water partition coefficient (Wildman–Crippen LogP) is 3.48. The van der Waals surface area contributed by atoms with E-state index in [1.165, 1.54) is 0 Å². The molecule has 25 heavy (non-hydrogen) atoms. The monoisotopic (exact) mass is 361 g/mol. The minimum absolute atomic E-state index is 0.174. The van der Waals surface area contributed by atoms with Gasteiger partial charge in [0.2, 0.25) is 5.91 Å². The standard InChI is InChI=1S/C19H24ClN3O2/c1-22-10-8-17(9-11-22)23(2)18(24)7-6-15-13-21-25-19(15)14-4-3-5-16(20)12-14/h3-5,12-13,17H,6-11H2,1-2H3. The van der Waals surface area contributed by atoms with Gasteiger partial charge >= 0.3 is 0 Å². The molecule has 134 valence electrons. The van der Waals surface area contributed by atoms with E-state index in [-0.39, 0.29) is 5.91 Å². The highest BCUT2D eigenvalue weighted by Gasteiger charge is 2.24. The van der Waals surface area contributed by atoms with Crippen LogP contribution in [0.2, 0.25) is 5.02 Å². The number of aromatic nitrogens is 1. The molecule has 1 aromatic carbocycles. The summed E-state index contributed by atoms with van der Waals surface area (Å²) in [6, 6.07) is 7.82. The maximum absolute atomic E-state index is 12.6. The Balaban J connectivity index is 1.60. The fourth-order valence-electron chi connectivity index (χ4n) is 3.31. The predicted molar refractivity (Wildman–Crippen MR) is 98.6 cm³/mol. The van der Waals surface area contributed by atoms with Crippen LogP contribution in [-0.2, 0) is 11.2 Å². The van der Waals surface area contributed by atoms with Gasteiger partial charge in [-0.25, -0.2) is 0 Å². The van der Waals surface area contributed by atoms with E-state index in [9.17, 15) is 4.79 Å². The van der Waals surface area contributed by atoms with Gasteiger partial charge in [-0.1, -0.05) is 28.9 Å². The number of carbonyl (C=O) groups is 1. The number of hydrogen-bond donors (Lipinski definition) is 0. The largest absolute Gasteiger partial charge is 0.356 e. The first kappa shape index (κ1) is 18.0. The molecule has 3 rings (SSSR count). The van der Waals surface area contributed by atoms with Crippen LogP contribution in [0.15, 0.2) is 35.0 Å². The summed E-state index contributed by atoms with van der Waals surface area (Å²) in [5.41, 5.74) is 1.82. The molecule has 0 spiro atoms. The molecule has 2 heterocycles. The van der Waals surface area contributed by atoms with Crippen molar-refractivity contribution in [3.8, 4) is 11.3 Å². The zero-order valence-corrected chi connectivity index (χ0v) is 15.5. The minimum Gasteiger partial charge on any atom is -0.356 e. The fourth-order valence-corrected chi connectivity index (χ4v) is 3.50. The molecule has 0 aliphatic carbocycles. The third-order valence-electron chi connectivity index (χ3n) is 4.97. The van der Waals surface area contributed by atoms with E-state index in [1.807, 2.05) is 36.2 Å². The Morgan fingerprint density at radius 1 is 1.40 bits per heavy atom. The SMILES string of the molecule is CN1CCC(N(C)C(=O)CCc2cnoc2-c2cccc(Cl)c2)CC1. The van der Waals surface area contributed by atoms with Gasteiger partial charge in [-0.05, 0) is 51.5 Å². The molecule has 1 saturated heterocycles. The van der Waals surface area contributed by atoms with Crippen LogP contribution in [0, 0.1) is 0 Å². The molecule has 1 fully saturated rings. The van der Waals surface area contributed by atoms with Crippen molar-refractivity contribution in [2.75, 3.05) is 27.2 Å². The number of aryl methyl sites for hydroxylation is 1. The second-order valence-corrected chi connectivity index (χ2v) is 7.17.